The van der Waals surface area contributed by atoms with Gasteiger partial charge in [-0.15, -0.1) is 0 Å². The molecule has 0 unspecified atom stereocenters. The number of unbranched alkanes of at least 4 members (excludes halogenated alkanes) is 1. The molecule has 0 aliphatic rings. The van der Waals surface area contributed by atoms with Crippen LogP contribution in [0, 0.1) is 0 Å². The summed E-state index contributed by atoms with van der Waals surface area (Å²) < 4.78 is 20.8. The lowest BCUT2D eigenvalue weighted by Gasteiger charge is -2.06. The molecule has 0 saturated carbocycles. The van der Waals surface area contributed by atoms with E-state index in [2.05, 4.69) is 13.8 Å². The molecule has 0 saturated heterocycles. The van der Waals surface area contributed by atoms with Crippen LogP contribution in [0.5, 0.6) is 0 Å². The average Bonchev–Trinajstić information content (AvgIpc) is 2.58. The number of carbonyl (C=O) groups is 2. The maximum absolute atomic E-state index is 11.5. The van der Waals surface area contributed by atoms with Gasteiger partial charge < -0.3 is 18.9 Å². The predicted octanol–water partition coefficient (Wildman–Crippen LogP) is 3.27. The van der Waals surface area contributed by atoms with Gasteiger partial charge >= 0.3 is 11.9 Å². The molecule has 0 spiro atoms. The summed E-state index contributed by atoms with van der Waals surface area (Å²) in [5.41, 5.74) is 0. The molecule has 0 aromatic carbocycles. The molecule has 6 nitrogen and oxygen atoms in total. The Labute approximate surface area is 146 Å². The Morgan fingerprint density at radius 3 is 1.38 bits per heavy atom. The molecule has 0 amide bonds. The zero-order valence-electron chi connectivity index (χ0n) is 15.3. The fourth-order valence-electron chi connectivity index (χ4n) is 1.87. The van der Waals surface area contributed by atoms with Gasteiger partial charge in [0.1, 0.15) is 0 Å². The standard InChI is InChI=1S/C18H34O6/c1-3-11-21-13-7-15-23-17(19)9-5-6-10-18(20)24-16-8-14-22-12-4-2/h3-16H2,1-2H3. The van der Waals surface area contributed by atoms with Crippen molar-refractivity contribution in [2.45, 2.75) is 65.2 Å². The third kappa shape index (κ3) is 17.2. The third-order valence-electron chi connectivity index (χ3n) is 3.10. The molecule has 0 aromatic rings. The molecule has 142 valence electrons. The Bertz CT molecular complexity index is 276. The maximum Gasteiger partial charge on any atom is 0.305 e. The van der Waals surface area contributed by atoms with Crippen LogP contribution in [0.25, 0.3) is 0 Å². The van der Waals surface area contributed by atoms with E-state index in [0.717, 1.165) is 38.9 Å². The molecular weight excluding hydrogens is 312 g/mol. The molecule has 0 aliphatic carbocycles. The second kappa shape index (κ2) is 18.2. The Morgan fingerprint density at radius 2 is 1.00 bits per heavy atom. The van der Waals surface area contributed by atoms with Crippen LogP contribution in [-0.4, -0.2) is 51.6 Å². The summed E-state index contributed by atoms with van der Waals surface area (Å²) in [4.78, 5) is 23.0. The summed E-state index contributed by atoms with van der Waals surface area (Å²) in [6, 6.07) is 0. The van der Waals surface area contributed by atoms with Gasteiger partial charge in [-0.2, -0.15) is 0 Å². The fourth-order valence-corrected chi connectivity index (χ4v) is 1.87. The lowest BCUT2D eigenvalue weighted by molar-refractivity contribution is -0.146. The average molecular weight is 346 g/mol. The fraction of sp³-hybridized carbons (Fsp3) is 0.889. The molecule has 0 N–H and O–H groups in total. The smallest absolute Gasteiger partial charge is 0.305 e. The SMILES string of the molecule is CCCOCCCOC(=O)CCCCC(=O)OCCCOCCC. The van der Waals surface area contributed by atoms with Crippen LogP contribution in [0.15, 0.2) is 0 Å². The monoisotopic (exact) mass is 346 g/mol. The van der Waals surface area contributed by atoms with Gasteiger partial charge in [0.05, 0.1) is 13.2 Å². The number of hydrogen-bond acceptors (Lipinski definition) is 6. The highest BCUT2D eigenvalue weighted by atomic mass is 16.5. The van der Waals surface area contributed by atoms with Crippen LogP contribution in [0.2, 0.25) is 0 Å². The highest BCUT2D eigenvalue weighted by Gasteiger charge is 2.06. The second-order valence-electron chi connectivity index (χ2n) is 5.58. The minimum Gasteiger partial charge on any atom is -0.466 e. The van der Waals surface area contributed by atoms with Crippen molar-refractivity contribution in [2.75, 3.05) is 39.6 Å². The van der Waals surface area contributed by atoms with Crippen LogP contribution in [0.3, 0.4) is 0 Å². The van der Waals surface area contributed by atoms with Crippen molar-refractivity contribution in [3.05, 3.63) is 0 Å². The van der Waals surface area contributed by atoms with E-state index in [1.165, 1.54) is 0 Å². The van der Waals surface area contributed by atoms with Crippen molar-refractivity contribution >= 4 is 11.9 Å². The van der Waals surface area contributed by atoms with Crippen LogP contribution in [0.4, 0.5) is 0 Å². The number of esters is 2. The van der Waals surface area contributed by atoms with E-state index in [-0.39, 0.29) is 11.9 Å². The molecule has 6 heteroatoms. The quantitative estimate of drug-likeness (QED) is 0.297. The van der Waals surface area contributed by atoms with Crippen molar-refractivity contribution < 1.29 is 28.5 Å². The largest absolute Gasteiger partial charge is 0.466 e. The maximum atomic E-state index is 11.5. The van der Waals surface area contributed by atoms with Gasteiger partial charge in [0, 0.05) is 52.1 Å². The topological polar surface area (TPSA) is 71.1 Å². The van der Waals surface area contributed by atoms with E-state index in [1.54, 1.807) is 0 Å². The summed E-state index contributed by atoms with van der Waals surface area (Å²) in [5.74, 6) is -0.432. The normalized spacial score (nSPS) is 10.6. The predicted molar refractivity (Wildman–Crippen MR) is 91.8 cm³/mol. The number of carbonyl (C=O) groups excluding carboxylic acids is 2. The molecule has 0 rings (SSSR count). The lowest BCUT2D eigenvalue weighted by Crippen LogP contribution is -2.10. The van der Waals surface area contributed by atoms with E-state index >= 15 is 0 Å². The molecule has 0 bridgehead atoms. The zero-order valence-corrected chi connectivity index (χ0v) is 15.3. The molecule has 0 radical (unpaired) electrons. The van der Waals surface area contributed by atoms with E-state index in [9.17, 15) is 9.59 Å². The van der Waals surface area contributed by atoms with Crippen molar-refractivity contribution in [3.63, 3.8) is 0 Å². The summed E-state index contributed by atoms with van der Waals surface area (Å²) in [6.45, 7) is 7.63. The summed E-state index contributed by atoms with van der Waals surface area (Å²) in [6.07, 6.45) is 5.39. The van der Waals surface area contributed by atoms with E-state index in [1.807, 2.05) is 0 Å². The van der Waals surface area contributed by atoms with E-state index in [0.29, 0.717) is 52.1 Å². The minimum atomic E-state index is -0.216. The van der Waals surface area contributed by atoms with Gasteiger partial charge in [-0.1, -0.05) is 13.8 Å². The van der Waals surface area contributed by atoms with E-state index < -0.39 is 0 Å². The van der Waals surface area contributed by atoms with Gasteiger partial charge in [0.25, 0.3) is 0 Å². The van der Waals surface area contributed by atoms with Crippen molar-refractivity contribution in [1.29, 1.82) is 0 Å². The third-order valence-corrected chi connectivity index (χ3v) is 3.10. The second-order valence-corrected chi connectivity index (χ2v) is 5.58. The molecule has 0 heterocycles. The molecular formula is C18H34O6. The molecule has 0 fully saturated rings. The van der Waals surface area contributed by atoms with Crippen molar-refractivity contribution in [2.24, 2.45) is 0 Å². The lowest BCUT2D eigenvalue weighted by atomic mass is 10.2. The first-order valence-corrected chi connectivity index (χ1v) is 9.17. The van der Waals surface area contributed by atoms with Crippen molar-refractivity contribution in [3.8, 4) is 0 Å². The summed E-state index contributed by atoms with van der Waals surface area (Å²) in [5, 5.41) is 0. The minimum absolute atomic E-state index is 0.216. The van der Waals surface area contributed by atoms with Gasteiger partial charge in [-0.3, -0.25) is 9.59 Å². The first-order valence-electron chi connectivity index (χ1n) is 9.17. The van der Waals surface area contributed by atoms with Gasteiger partial charge in [-0.05, 0) is 25.7 Å². The molecule has 0 aromatic heterocycles. The van der Waals surface area contributed by atoms with Crippen LogP contribution in [0.1, 0.15) is 65.2 Å². The van der Waals surface area contributed by atoms with Crippen LogP contribution >= 0.6 is 0 Å². The van der Waals surface area contributed by atoms with Crippen LogP contribution < -0.4 is 0 Å². The van der Waals surface area contributed by atoms with Crippen LogP contribution in [-0.2, 0) is 28.5 Å². The van der Waals surface area contributed by atoms with E-state index in [4.69, 9.17) is 18.9 Å². The highest BCUT2D eigenvalue weighted by Crippen LogP contribution is 2.03. The van der Waals surface area contributed by atoms with Gasteiger partial charge in [0.15, 0.2) is 0 Å². The first kappa shape index (κ1) is 22.9. The zero-order chi connectivity index (χ0) is 17.9. The number of hydrogen-bond donors (Lipinski definition) is 0. The van der Waals surface area contributed by atoms with Gasteiger partial charge in [0.2, 0.25) is 0 Å². The Hall–Kier alpha value is -1.14. The number of ether oxygens (including phenoxy) is 4. The van der Waals surface area contributed by atoms with Gasteiger partial charge in [-0.25, -0.2) is 0 Å². The number of rotatable bonds is 17. The molecule has 24 heavy (non-hydrogen) atoms. The highest BCUT2D eigenvalue weighted by molar-refractivity contribution is 5.70. The Balaban J connectivity index is 3.31. The molecule has 0 aliphatic heterocycles. The Morgan fingerprint density at radius 1 is 0.583 bits per heavy atom. The first-order chi connectivity index (χ1) is 11.7. The molecule has 0 atom stereocenters. The van der Waals surface area contributed by atoms with Crippen molar-refractivity contribution in [1.82, 2.24) is 0 Å². The summed E-state index contributed by atoms with van der Waals surface area (Å²) in [7, 11) is 0. The summed E-state index contributed by atoms with van der Waals surface area (Å²) >= 11 is 0. The Kier molecular flexibility index (Phi) is 17.3.